The number of carbonyl (C=O) groups is 2. The third kappa shape index (κ3) is 5.10. The first-order chi connectivity index (χ1) is 11.5. The molecule has 2 aromatic carbocycles. The fourth-order valence-electron chi connectivity index (χ4n) is 2.41. The molecule has 0 aliphatic carbocycles. The lowest BCUT2D eigenvalue weighted by Gasteiger charge is -2.23. The topological polar surface area (TPSA) is 87.5 Å². The van der Waals surface area contributed by atoms with E-state index in [1.54, 1.807) is 24.3 Å². The number of hydrogen-bond donors (Lipinski definition) is 3. The zero-order valence-corrected chi connectivity index (χ0v) is 13.8. The van der Waals surface area contributed by atoms with Crippen molar-refractivity contribution in [2.24, 2.45) is 5.73 Å². The Kier molecular flexibility index (Phi) is 5.92. The van der Waals surface area contributed by atoms with Crippen molar-refractivity contribution in [2.75, 3.05) is 26.0 Å². The predicted molar refractivity (Wildman–Crippen MR) is 94.9 cm³/mol. The molecule has 2 rings (SSSR count). The number of rotatable bonds is 6. The van der Waals surface area contributed by atoms with Gasteiger partial charge in [0.1, 0.15) is 0 Å². The highest BCUT2D eigenvalue weighted by atomic mass is 16.2. The van der Waals surface area contributed by atoms with E-state index in [-0.39, 0.29) is 11.9 Å². The van der Waals surface area contributed by atoms with Crippen molar-refractivity contribution in [3.8, 4) is 0 Å². The molecule has 4 N–H and O–H groups in total. The molecule has 6 heteroatoms. The highest BCUT2D eigenvalue weighted by Crippen LogP contribution is 2.16. The number of amides is 3. The summed E-state index contributed by atoms with van der Waals surface area (Å²) in [5.74, 6) is -0.209. The van der Waals surface area contributed by atoms with Gasteiger partial charge in [0.15, 0.2) is 0 Å². The number of anilines is 1. The van der Waals surface area contributed by atoms with Crippen LogP contribution in [0.2, 0.25) is 0 Å². The SMILES string of the molecule is CN(C)C[C@@H](NC(=O)c1cccc(NC(N)=O)c1)c1ccccc1. The number of primary amides is 1. The summed E-state index contributed by atoms with van der Waals surface area (Å²) in [6.45, 7) is 0.676. The number of nitrogens with two attached hydrogens (primary N) is 1. The Morgan fingerprint density at radius 2 is 1.79 bits per heavy atom. The molecule has 0 aliphatic heterocycles. The van der Waals surface area contributed by atoms with E-state index in [9.17, 15) is 9.59 Å². The molecular weight excluding hydrogens is 304 g/mol. The van der Waals surface area contributed by atoms with Crippen LogP contribution in [0.3, 0.4) is 0 Å². The van der Waals surface area contributed by atoms with Crippen molar-refractivity contribution in [3.05, 3.63) is 65.7 Å². The maximum absolute atomic E-state index is 12.6. The zero-order chi connectivity index (χ0) is 17.5. The molecule has 0 aromatic heterocycles. The molecule has 0 unspecified atom stereocenters. The second-order valence-corrected chi connectivity index (χ2v) is 5.77. The average Bonchev–Trinajstić information content (AvgIpc) is 2.54. The second kappa shape index (κ2) is 8.12. The minimum Gasteiger partial charge on any atom is -0.351 e. The molecule has 6 nitrogen and oxygen atoms in total. The van der Waals surface area contributed by atoms with Crippen molar-refractivity contribution < 1.29 is 9.59 Å². The predicted octanol–water partition coefficient (Wildman–Crippen LogP) is 2.21. The van der Waals surface area contributed by atoms with Gasteiger partial charge in [-0.2, -0.15) is 0 Å². The highest BCUT2D eigenvalue weighted by Gasteiger charge is 2.16. The van der Waals surface area contributed by atoms with E-state index in [0.717, 1.165) is 5.56 Å². The number of urea groups is 1. The molecule has 0 bridgehead atoms. The van der Waals surface area contributed by atoms with Crippen molar-refractivity contribution in [3.63, 3.8) is 0 Å². The lowest BCUT2D eigenvalue weighted by Crippen LogP contribution is -2.35. The van der Waals surface area contributed by atoms with Gasteiger partial charge in [-0.1, -0.05) is 36.4 Å². The highest BCUT2D eigenvalue weighted by molar-refractivity contribution is 5.96. The number of benzene rings is 2. The maximum atomic E-state index is 12.6. The fraction of sp³-hybridized carbons (Fsp3) is 0.222. The van der Waals surface area contributed by atoms with E-state index in [0.29, 0.717) is 17.8 Å². The first-order valence-electron chi connectivity index (χ1n) is 7.63. The summed E-state index contributed by atoms with van der Waals surface area (Å²) in [5.41, 5.74) is 7.08. The zero-order valence-electron chi connectivity index (χ0n) is 13.8. The smallest absolute Gasteiger partial charge is 0.316 e. The molecule has 0 saturated carbocycles. The lowest BCUT2D eigenvalue weighted by atomic mass is 10.1. The fourth-order valence-corrected chi connectivity index (χ4v) is 2.41. The van der Waals surface area contributed by atoms with Gasteiger partial charge in [-0.25, -0.2) is 4.79 Å². The molecule has 0 saturated heterocycles. The Balaban J connectivity index is 2.17. The van der Waals surface area contributed by atoms with Crippen LogP contribution in [0.1, 0.15) is 22.0 Å². The van der Waals surface area contributed by atoms with Crippen LogP contribution in [0.15, 0.2) is 54.6 Å². The Labute approximate surface area is 141 Å². The summed E-state index contributed by atoms with van der Waals surface area (Å²) >= 11 is 0. The third-order valence-corrected chi connectivity index (χ3v) is 3.45. The summed E-state index contributed by atoms with van der Waals surface area (Å²) in [6.07, 6.45) is 0. The van der Waals surface area contributed by atoms with Gasteiger partial charge in [-0.3, -0.25) is 4.79 Å². The van der Waals surface area contributed by atoms with E-state index in [1.807, 2.05) is 49.3 Å². The molecule has 2 aromatic rings. The number of likely N-dealkylation sites (N-methyl/N-ethyl adjacent to an activating group) is 1. The van der Waals surface area contributed by atoms with Gasteiger partial charge >= 0.3 is 6.03 Å². The second-order valence-electron chi connectivity index (χ2n) is 5.77. The van der Waals surface area contributed by atoms with Crippen LogP contribution in [-0.4, -0.2) is 37.5 Å². The van der Waals surface area contributed by atoms with E-state index in [2.05, 4.69) is 10.6 Å². The lowest BCUT2D eigenvalue weighted by molar-refractivity contribution is 0.0930. The molecule has 0 radical (unpaired) electrons. The van der Waals surface area contributed by atoms with E-state index in [1.165, 1.54) is 0 Å². The molecule has 0 fully saturated rings. The molecule has 126 valence electrons. The number of hydrogen-bond acceptors (Lipinski definition) is 3. The van der Waals surface area contributed by atoms with Crippen LogP contribution < -0.4 is 16.4 Å². The minimum absolute atomic E-state index is 0.138. The van der Waals surface area contributed by atoms with Crippen molar-refractivity contribution in [1.29, 1.82) is 0 Å². The number of carbonyl (C=O) groups excluding carboxylic acids is 2. The normalized spacial score (nSPS) is 11.8. The monoisotopic (exact) mass is 326 g/mol. The van der Waals surface area contributed by atoms with Gasteiger partial charge in [0.25, 0.3) is 5.91 Å². The molecule has 1 atom stereocenters. The largest absolute Gasteiger partial charge is 0.351 e. The van der Waals surface area contributed by atoms with Gasteiger partial charge in [-0.15, -0.1) is 0 Å². The van der Waals surface area contributed by atoms with E-state index in [4.69, 9.17) is 5.73 Å². The van der Waals surface area contributed by atoms with Gasteiger partial charge in [0, 0.05) is 17.8 Å². The standard InChI is InChI=1S/C18H22N4O2/c1-22(2)12-16(13-7-4-3-5-8-13)21-17(23)14-9-6-10-15(11-14)20-18(19)24/h3-11,16H,12H2,1-2H3,(H,21,23)(H3,19,20,24)/t16-/m1/s1. The molecule has 3 amide bonds. The Bertz CT molecular complexity index is 701. The van der Waals surface area contributed by atoms with Gasteiger partial charge in [0.05, 0.1) is 6.04 Å². The molecule has 0 heterocycles. The van der Waals surface area contributed by atoms with Gasteiger partial charge in [-0.05, 0) is 37.9 Å². The van der Waals surface area contributed by atoms with Crippen LogP contribution in [-0.2, 0) is 0 Å². The third-order valence-electron chi connectivity index (χ3n) is 3.45. The quantitative estimate of drug-likeness (QED) is 0.760. The average molecular weight is 326 g/mol. The van der Waals surface area contributed by atoms with Crippen LogP contribution in [0, 0.1) is 0 Å². The Hall–Kier alpha value is -2.86. The molecule has 24 heavy (non-hydrogen) atoms. The van der Waals surface area contributed by atoms with Crippen molar-refractivity contribution >= 4 is 17.6 Å². The first kappa shape index (κ1) is 17.5. The summed E-state index contributed by atoms with van der Waals surface area (Å²) in [5, 5.41) is 5.50. The Morgan fingerprint density at radius 1 is 1.08 bits per heavy atom. The maximum Gasteiger partial charge on any atom is 0.316 e. The van der Waals surface area contributed by atoms with Crippen molar-refractivity contribution in [2.45, 2.75) is 6.04 Å². The molecule has 0 aliphatic rings. The van der Waals surface area contributed by atoms with E-state index < -0.39 is 6.03 Å². The summed E-state index contributed by atoms with van der Waals surface area (Å²) in [6, 6.07) is 15.7. The van der Waals surface area contributed by atoms with Crippen LogP contribution in [0.5, 0.6) is 0 Å². The number of nitrogens with zero attached hydrogens (tertiary/aromatic N) is 1. The molecule has 0 spiro atoms. The van der Waals surface area contributed by atoms with Gasteiger partial charge in [0.2, 0.25) is 0 Å². The summed E-state index contributed by atoms with van der Waals surface area (Å²) in [7, 11) is 3.92. The number of nitrogens with one attached hydrogen (secondary N) is 2. The van der Waals surface area contributed by atoms with Crippen LogP contribution >= 0.6 is 0 Å². The van der Waals surface area contributed by atoms with Crippen LogP contribution in [0.4, 0.5) is 10.5 Å². The van der Waals surface area contributed by atoms with Crippen molar-refractivity contribution in [1.82, 2.24) is 10.2 Å². The summed E-state index contributed by atoms with van der Waals surface area (Å²) < 4.78 is 0. The first-order valence-corrected chi connectivity index (χ1v) is 7.63. The van der Waals surface area contributed by atoms with E-state index >= 15 is 0 Å². The Morgan fingerprint density at radius 3 is 2.42 bits per heavy atom. The van der Waals surface area contributed by atoms with Gasteiger partial charge < -0.3 is 21.3 Å². The minimum atomic E-state index is -0.665. The molecular formula is C18H22N4O2. The summed E-state index contributed by atoms with van der Waals surface area (Å²) in [4.78, 5) is 25.5. The van der Waals surface area contributed by atoms with Crippen LogP contribution in [0.25, 0.3) is 0 Å².